The van der Waals surface area contributed by atoms with Gasteiger partial charge in [-0.3, -0.25) is 4.79 Å². The predicted molar refractivity (Wildman–Crippen MR) is 121 cm³/mol. The first-order valence-corrected chi connectivity index (χ1v) is 12.7. The van der Waals surface area contributed by atoms with Crippen molar-refractivity contribution in [3.8, 4) is 11.5 Å². The molecule has 1 amide bonds. The molecule has 32 heavy (non-hydrogen) atoms. The number of amides is 1. The van der Waals surface area contributed by atoms with Crippen LogP contribution in [0.2, 0.25) is 0 Å². The van der Waals surface area contributed by atoms with Gasteiger partial charge in [-0.05, 0) is 35.4 Å². The zero-order valence-electron chi connectivity index (χ0n) is 17.7. The molecule has 0 aliphatic carbocycles. The van der Waals surface area contributed by atoms with E-state index in [0.29, 0.717) is 23.2 Å². The Morgan fingerprint density at radius 2 is 1.78 bits per heavy atom. The number of rotatable bonds is 6. The van der Waals surface area contributed by atoms with E-state index in [4.69, 9.17) is 9.47 Å². The van der Waals surface area contributed by atoms with Gasteiger partial charge < -0.3 is 14.4 Å². The Bertz CT molecular complexity index is 1150. The fraction of sp³-hybridized carbons (Fsp3) is 0.364. The quantitative estimate of drug-likeness (QED) is 0.631. The van der Waals surface area contributed by atoms with E-state index >= 15 is 0 Å². The zero-order valence-corrected chi connectivity index (χ0v) is 19.3. The maximum Gasteiger partial charge on any atom is 0.252 e. The largest absolute Gasteiger partial charge is 0.493 e. The van der Waals surface area contributed by atoms with Crippen LogP contribution in [0.15, 0.2) is 47.5 Å². The number of thioether (sulfide) groups is 1. The molecule has 0 radical (unpaired) electrons. The van der Waals surface area contributed by atoms with Crippen molar-refractivity contribution in [2.75, 3.05) is 25.7 Å². The van der Waals surface area contributed by atoms with Crippen molar-refractivity contribution < 1.29 is 27.1 Å². The maximum absolute atomic E-state index is 13.3. The first kappa shape index (κ1) is 22.6. The molecular formula is C22H23FN2O5S2. The van der Waals surface area contributed by atoms with Gasteiger partial charge >= 0.3 is 0 Å². The molecule has 0 aromatic heterocycles. The molecule has 2 heterocycles. The lowest BCUT2D eigenvalue weighted by atomic mass is 10.1. The predicted octanol–water partition coefficient (Wildman–Crippen LogP) is 2.68. The number of ether oxygens (including phenoxy) is 2. The average molecular weight is 479 g/mol. The molecule has 2 aliphatic rings. The number of hydrogen-bond donors (Lipinski definition) is 0. The standard InChI is InChI=1S/C22H23FN2O5S2/c1-29-18-8-5-15(9-19(18)30-2)10-21(26)24-22-25(11-14-3-6-16(23)7-4-14)17-12-32(27,28)13-20(17)31-22/h3-9,17,20H,10-13H2,1-2H3/t17-,20+/m0/s1. The Morgan fingerprint density at radius 3 is 2.47 bits per heavy atom. The molecule has 0 bridgehead atoms. The Morgan fingerprint density at radius 1 is 1.09 bits per heavy atom. The van der Waals surface area contributed by atoms with Crippen molar-refractivity contribution >= 4 is 32.7 Å². The van der Waals surface area contributed by atoms with Crippen molar-refractivity contribution in [3.05, 3.63) is 59.4 Å². The highest BCUT2D eigenvalue weighted by Crippen LogP contribution is 2.39. The second-order valence-electron chi connectivity index (χ2n) is 7.71. The van der Waals surface area contributed by atoms with Crippen LogP contribution in [0.3, 0.4) is 0 Å². The molecule has 4 rings (SSSR count). The van der Waals surface area contributed by atoms with Gasteiger partial charge in [0.2, 0.25) is 0 Å². The summed E-state index contributed by atoms with van der Waals surface area (Å²) < 4.78 is 48.1. The molecule has 2 aromatic rings. The SMILES string of the molecule is COc1ccc(CC(=O)N=C2S[C@@H]3CS(=O)(=O)C[C@@H]3N2Cc2ccc(F)cc2)cc1OC. The number of carbonyl (C=O) groups excluding carboxylic acids is 1. The van der Waals surface area contributed by atoms with Crippen LogP contribution in [0.5, 0.6) is 11.5 Å². The highest BCUT2D eigenvalue weighted by molar-refractivity contribution is 8.15. The van der Waals surface area contributed by atoms with E-state index in [1.807, 2.05) is 4.90 Å². The van der Waals surface area contributed by atoms with E-state index in [1.165, 1.54) is 31.0 Å². The van der Waals surface area contributed by atoms with Crippen LogP contribution in [0, 0.1) is 5.82 Å². The molecule has 0 unspecified atom stereocenters. The highest BCUT2D eigenvalue weighted by atomic mass is 32.2. The normalized spacial score (nSPS) is 22.7. The van der Waals surface area contributed by atoms with Gasteiger partial charge in [-0.1, -0.05) is 30.0 Å². The minimum atomic E-state index is -3.14. The number of amidine groups is 1. The number of fused-ring (bicyclic) bond motifs is 1. The summed E-state index contributed by atoms with van der Waals surface area (Å²) in [6, 6.07) is 11.0. The Hall–Kier alpha value is -2.59. The second kappa shape index (κ2) is 9.11. The third-order valence-electron chi connectivity index (χ3n) is 5.46. The fourth-order valence-electron chi connectivity index (χ4n) is 3.92. The molecule has 2 atom stereocenters. The lowest BCUT2D eigenvalue weighted by Crippen LogP contribution is -2.37. The number of aliphatic imine (C=N–C) groups is 1. The summed E-state index contributed by atoms with van der Waals surface area (Å²) >= 11 is 1.32. The van der Waals surface area contributed by atoms with Gasteiger partial charge in [0.15, 0.2) is 26.5 Å². The Labute approximate surface area is 190 Å². The highest BCUT2D eigenvalue weighted by Gasteiger charge is 2.48. The molecular weight excluding hydrogens is 455 g/mol. The van der Waals surface area contributed by atoms with Crippen molar-refractivity contribution in [3.63, 3.8) is 0 Å². The topological polar surface area (TPSA) is 85.3 Å². The zero-order chi connectivity index (χ0) is 22.9. The summed E-state index contributed by atoms with van der Waals surface area (Å²) in [7, 11) is -0.0732. The summed E-state index contributed by atoms with van der Waals surface area (Å²) in [5.41, 5.74) is 1.55. The minimum absolute atomic E-state index is 0.0226. The number of sulfone groups is 1. The van der Waals surface area contributed by atoms with Gasteiger partial charge in [-0.25, -0.2) is 12.8 Å². The molecule has 7 nitrogen and oxygen atoms in total. The second-order valence-corrected chi connectivity index (χ2v) is 11.1. The lowest BCUT2D eigenvalue weighted by molar-refractivity contribution is -0.117. The summed E-state index contributed by atoms with van der Waals surface area (Å²) in [6.45, 7) is 0.354. The molecule has 2 fully saturated rings. The number of halogens is 1. The van der Waals surface area contributed by atoms with E-state index < -0.39 is 9.84 Å². The monoisotopic (exact) mass is 478 g/mol. The van der Waals surface area contributed by atoms with Crippen LogP contribution in [-0.4, -0.2) is 61.4 Å². The van der Waals surface area contributed by atoms with Crippen LogP contribution < -0.4 is 9.47 Å². The Kier molecular flexibility index (Phi) is 6.43. The molecule has 0 spiro atoms. The summed E-state index contributed by atoms with van der Waals surface area (Å²) in [5.74, 6) is 0.496. The average Bonchev–Trinajstić information content (AvgIpc) is 3.21. The van der Waals surface area contributed by atoms with Gasteiger partial charge in [-0.2, -0.15) is 4.99 Å². The summed E-state index contributed by atoms with van der Waals surface area (Å²) in [6.07, 6.45) is 0.0719. The molecule has 2 saturated heterocycles. The molecule has 0 N–H and O–H groups in total. The molecule has 0 saturated carbocycles. The molecule has 2 aromatic carbocycles. The van der Waals surface area contributed by atoms with Crippen molar-refractivity contribution in [1.29, 1.82) is 0 Å². The number of carbonyl (C=O) groups is 1. The third kappa shape index (κ3) is 4.91. The van der Waals surface area contributed by atoms with E-state index in [-0.39, 0.29) is 40.9 Å². The van der Waals surface area contributed by atoms with E-state index in [0.717, 1.165) is 11.1 Å². The van der Waals surface area contributed by atoms with Crippen LogP contribution in [0.25, 0.3) is 0 Å². The third-order valence-corrected chi connectivity index (χ3v) is 8.71. The Balaban J connectivity index is 1.56. The van der Waals surface area contributed by atoms with Gasteiger partial charge in [-0.15, -0.1) is 0 Å². The van der Waals surface area contributed by atoms with Gasteiger partial charge in [0.1, 0.15) is 5.82 Å². The van der Waals surface area contributed by atoms with Crippen LogP contribution in [-0.2, 0) is 27.6 Å². The minimum Gasteiger partial charge on any atom is -0.493 e. The van der Waals surface area contributed by atoms with E-state index in [1.54, 1.807) is 37.4 Å². The smallest absolute Gasteiger partial charge is 0.252 e. The number of benzene rings is 2. The maximum atomic E-state index is 13.3. The summed E-state index contributed by atoms with van der Waals surface area (Å²) in [4.78, 5) is 18.9. The van der Waals surface area contributed by atoms with Gasteiger partial charge in [0.25, 0.3) is 5.91 Å². The fourth-order valence-corrected chi connectivity index (χ4v) is 7.89. The van der Waals surface area contributed by atoms with Gasteiger partial charge in [0.05, 0.1) is 38.2 Å². The van der Waals surface area contributed by atoms with Crippen LogP contribution >= 0.6 is 11.8 Å². The molecule has 10 heteroatoms. The van der Waals surface area contributed by atoms with Crippen LogP contribution in [0.4, 0.5) is 4.39 Å². The lowest BCUT2D eigenvalue weighted by Gasteiger charge is -2.24. The molecule has 170 valence electrons. The molecule has 2 aliphatic heterocycles. The number of hydrogen-bond acceptors (Lipinski definition) is 6. The number of methoxy groups -OCH3 is 2. The summed E-state index contributed by atoms with van der Waals surface area (Å²) in [5, 5.41) is 0.331. The first-order valence-electron chi connectivity index (χ1n) is 9.98. The van der Waals surface area contributed by atoms with Crippen molar-refractivity contribution in [2.24, 2.45) is 4.99 Å². The van der Waals surface area contributed by atoms with Crippen molar-refractivity contribution in [1.82, 2.24) is 4.90 Å². The number of nitrogens with zero attached hydrogens (tertiary/aromatic N) is 2. The van der Waals surface area contributed by atoms with E-state index in [9.17, 15) is 17.6 Å². The van der Waals surface area contributed by atoms with Crippen LogP contribution in [0.1, 0.15) is 11.1 Å². The van der Waals surface area contributed by atoms with Crippen molar-refractivity contribution in [2.45, 2.75) is 24.3 Å². The first-order chi connectivity index (χ1) is 15.3. The van der Waals surface area contributed by atoms with E-state index in [2.05, 4.69) is 4.99 Å². The van der Waals surface area contributed by atoms with Gasteiger partial charge in [0, 0.05) is 11.8 Å².